The summed E-state index contributed by atoms with van der Waals surface area (Å²) < 4.78 is 4.45. The molecule has 1 aliphatic heterocycles. The topological polar surface area (TPSA) is 77.4 Å². The maximum atomic E-state index is 13.2. The van der Waals surface area contributed by atoms with Gasteiger partial charge in [0.1, 0.15) is 0 Å². The fourth-order valence-electron chi connectivity index (χ4n) is 4.21. The molecule has 2 aromatic carbocycles. The van der Waals surface area contributed by atoms with Gasteiger partial charge in [0, 0.05) is 13.6 Å². The van der Waals surface area contributed by atoms with E-state index in [2.05, 4.69) is 35.8 Å². The van der Waals surface area contributed by atoms with Crippen LogP contribution in [0.25, 0.3) is 21.9 Å². The molecule has 0 saturated heterocycles. The van der Waals surface area contributed by atoms with Gasteiger partial charge in [-0.05, 0) is 23.3 Å². The van der Waals surface area contributed by atoms with E-state index in [4.69, 9.17) is 5.10 Å². The van der Waals surface area contributed by atoms with Gasteiger partial charge < -0.3 is 0 Å². The first-order valence-electron chi connectivity index (χ1n) is 10.1. The molecule has 0 atom stereocenters. The average Bonchev–Trinajstić information content (AvgIpc) is 3.15. The van der Waals surface area contributed by atoms with Crippen molar-refractivity contribution >= 4 is 33.6 Å². The second-order valence-corrected chi connectivity index (χ2v) is 7.75. The van der Waals surface area contributed by atoms with Crippen LogP contribution in [0, 0.1) is 0 Å². The fourth-order valence-corrected chi connectivity index (χ4v) is 4.21. The summed E-state index contributed by atoms with van der Waals surface area (Å²) in [5.74, 6) is 0.553. The van der Waals surface area contributed by atoms with Crippen LogP contribution in [0.1, 0.15) is 12.5 Å². The lowest BCUT2D eigenvalue weighted by Gasteiger charge is -2.25. The molecule has 0 spiro atoms. The van der Waals surface area contributed by atoms with E-state index in [9.17, 15) is 9.59 Å². The Labute approximate surface area is 178 Å². The summed E-state index contributed by atoms with van der Waals surface area (Å²) in [5.41, 5.74) is 1.94. The number of hydrazone groups is 1. The number of imidazole rings is 1. The minimum Gasteiger partial charge on any atom is -0.297 e. The number of allylic oxidation sites excluding steroid dienone is 1. The number of anilines is 1. The van der Waals surface area contributed by atoms with Gasteiger partial charge in [-0.2, -0.15) is 10.1 Å². The molecule has 156 valence electrons. The van der Waals surface area contributed by atoms with Crippen LogP contribution in [0.15, 0.2) is 69.8 Å². The summed E-state index contributed by atoms with van der Waals surface area (Å²) in [6.45, 7) is 6.68. The van der Waals surface area contributed by atoms with Crippen LogP contribution in [-0.2, 0) is 26.7 Å². The molecule has 0 saturated carbocycles. The molecule has 8 nitrogen and oxygen atoms in total. The molecule has 0 unspecified atom stereocenters. The van der Waals surface area contributed by atoms with Crippen molar-refractivity contribution in [3.63, 3.8) is 0 Å². The molecule has 5 rings (SSSR count). The van der Waals surface area contributed by atoms with Crippen LogP contribution in [0.2, 0.25) is 0 Å². The Morgan fingerprint density at radius 3 is 2.71 bits per heavy atom. The van der Waals surface area contributed by atoms with E-state index in [1.54, 1.807) is 13.1 Å². The Balaban J connectivity index is 1.71. The third-order valence-corrected chi connectivity index (χ3v) is 5.63. The number of hydrogen-bond donors (Lipinski definition) is 0. The minimum atomic E-state index is -0.411. The summed E-state index contributed by atoms with van der Waals surface area (Å²) in [6.07, 6.45) is 1.54. The number of hydrogen-bond acceptors (Lipinski definition) is 5. The van der Waals surface area contributed by atoms with Crippen molar-refractivity contribution in [1.29, 1.82) is 0 Å². The average molecular weight is 414 g/mol. The molecule has 31 heavy (non-hydrogen) atoms. The summed E-state index contributed by atoms with van der Waals surface area (Å²) in [4.78, 5) is 30.5. The standard InChI is InChI=1S/C23H22N6O2/c1-4-12-27-21(30)19-20(26(3)23(27)31)24-22-28(19)13-15(2)25-29(22)14-17-10-7-9-16-8-5-6-11-18(16)17/h4-11H,1,12-14H2,2-3H3. The zero-order valence-corrected chi connectivity index (χ0v) is 17.4. The molecule has 0 N–H and O–H groups in total. The van der Waals surface area contributed by atoms with E-state index in [0.29, 0.717) is 30.2 Å². The van der Waals surface area contributed by atoms with Crippen LogP contribution in [0.3, 0.4) is 0 Å². The zero-order chi connectivity index (χ0) is 21.7. The van der Waals surface area contributed by atoms with E-state index in [1.807, 2.05) is 34.7 Å². The Bertz CT molecular complexity index is 1500. The smallest absolute Gasteiger partial charge is 0.297 e. The molecule has 4 aromatic rings. The summed E-state index contributed by atoms with van der Waals surface area (Å²) in [5, 5.41) is 8.82. The Hall–Kier alpha value is -3.94. The summed E-state index contributed by atoms with van der Waals surface area (Å²) in [6, 6.07) is 14.4. The van der Waals surface area contributed by atoms with E-state index in [-0.39, 0.29) is 12.1 Å². The van der Waals surface area contributed by atoms with Gasteiger partial charge in [-0.3, -0.25) is 18.5 Å². The van der Waals surface area contributed by atoms with Crippen LogP contribution in [0.4, 0.5) is 5.95 Å². The molecular weight excluding hydrogens is 392 g/mol. The highest BCUT2D eigenvalue weighted by atomic mass is 16.2. The van der Waals surface area contributed by atoms with E-state index < -0.39 is 5.69 Å². The maximum Gasteiger partial charge on any atom is 0.332 e. The van der Waals surface area contributed by atoms with Crippen molar-refractivity contribution in [2.45, 2.75) is 26.6 Å². The highest BCUT2D eigenvalue weighted by molar-refractivity contribution is 5.89. The Morgan fingerprint density at radius 2 is 1.90 bits per heavy atom. The van der Waals surface area contributed by atoms with Crippen molar-refractivity contribution in [3.8, 4) is 0 Å². The first-order chi connectivity index (χ1) is 15.0. The lowest BCUT2D eigenvalue weighted by atomic mass is 10.0. The van der Waals surface area contributed by atoms with Gasteiger partial charge in [0.2, 0.25) is 5.95 Å². The van der Waals surface area contributed by atoms with Crippen molar-refractivity contribution in [1.82, 2.24) is 18.7 Å². The van der Waals surface area contributed by atoms with Crippen molar-refractivity contribution < 1.29 is 0 Å². The number of nitrogens with zero attached hydrogens (tertiary/aromatic N) is 6. The van der Waals surface area contributed by atoms with E-state index in [0.717, 1.165) is 22.0 Å². The van der Waals surface area contributed by atoms with Gasteiger partial charge in [0.05, 0.1) is 18.8 Å². The molecule has 0 bridgehead atoms. The van der Waals surface area contributed by atoms with Gasteiger partial charge in [0.15, 0.2) is 11.2 Å². The predicted octanol–water partition coefficient (Wildman–Crippen LogP) is 2.63. The van der Waals surface area contributed by atoms with Gasteiger partial charge in [-0.25, -0.2) is 9.80 Å². The lowest BCUT2D eigenvalue weighted by molar-refractivity contribution is 0.663. The Morgan fingerprint density at radius 1 is 1.13 bits per heavy atom. The number of rotatable bonds is 4. The minimum absolute atomic E-state index is 0.148. The third kappa shape index (κ3) is 2.91. The maximum absolute atomic E-state index is 13.2. The number of aryl methyl sites for hydroxylation is 1. The van der Waals surface area contributed by atoms with Crippen LogP contribution in [-0.4, -0.2) is 24.4 Å². The summed E-state index contributed by atoms with van der Waals surface area (Å²) in [7, 11) is 1.63. The van der Waals surface area contributed by atoms with Gasteiger partial charge in [-0.15, -0.1) is 6.58 Å². The van der Waals surface area contributed by atoms with Gasteiger partial charge in [-0.1, -0.05) is 48.5 Å². The molecule has 0 amide bonds. The molecular formula is C23H22N6O2. The normalized spacial score (nSPS) is 13.5. The van der Waals surface area contributed by atoms with Gasteiger partial charge in [0.25, 0.3) is 5.56 Å². The van der Waals surface area contributed by atoms with E-state index in [1.165, 1.54) is 9.13 Å². The largest absolute Gasteiger partial charge is 0.332 e. The highest BCUT2D eigenvalue weighted by Gasteiger charge is 2.26. The first-order valence-corrected chi connectivity index (χ1v) is 10.1. The molecule has 0 aliphatic carbocycles. The van der Waals surface area contributed by atoms with Crippen LogP contribution < -0.4 is 16.3 Å². The second-order valence-electron chi connectivity index (χ2n) is 7.75. The second kappa shape index (κ2) is 7.09. The molecule has 0 fully saturated rings. The van der Waals surface area contributed by atoms with Crippen molar-refractivity contribution in [3.05, 3.63) is 81.5 Å². The molecule has 0 radical (unpaired) electrons. The molecule has 1 aliphatic rings. The predicted molar refractivity (Wildman–Crippen MR) is 123 cm³/mol. The molecule has 3 heterocycles. The lowest BCUT2D eigenvalue weighted by Crippen LogP contribution is -2.39. The highest BCUT2D eigenvalue weighted by Crippen LogP contribution is 2.27. The SMILES string of the molecule is C=CCn1c(=O)c2c(nc3n2CC(C)=NN3Cc2cccc3ccccc23)n(C)c1=O. The van der Waals surface area contributed by atoms with Crippen molar-refractivity contribution in [2.75, 3.05) is 5.01 Å². The quantitative estimate of drug-likeness (QED) is 0.481. The Kier molecular flexibility index (Phi) is 4.35. The zero-order valence-electron chi connectivity index (χ0n) is 17.4. The number of fused-ring (bicyclic) bond motifs is 4. The number of benzene rings is 2. The molecule has 2 aromatic heterocycles. The van der Waals surface area contributed by atoms with Crippen LogP contribution in [0.5, 0.6) is 0 Å². The monoisotopic (exact) mass is 414 g/mol. The van der Waals surface area contributed by atoms with Gasteiger partial charge >= 0.3 is 5.69 Å². The third-order valence-electron chi connectivity index (χ3n) is 5.63. The number of aromatic nitrogens is 4. The van der Waals surface area contributed by atoms with Crippen LogP contribution >= 0.6 is 0 Å². The van der Waals surface area contributed by atoms with Crippen molar-refractivity contribution in [2.24, 2.45) is 12.1 Å². The van der Waals surface area contributed by atoms with E-state index >= 15 is 0 Å². The fraction of sp³-hybridized carbons (Fsp3) is 0.217. The molecule has 8 heteroatoms. The first kappa shape index (κ1) is 19.0. The summed E-state index contributed by atoms with van der Waals surface area (Å²) >= 11 is 0.